The third-order valence-corrected chi connectivity index (χ3v) is 3.79. The molecule has 0 fully saturated rings. The van der Waals surface area contributed by atoms with Crippen LogP contribution in [0.3, 0.4) is 0 Å². The number of hydrogen-bond acceptors (Lipinski definition) is 6. The Morgan fingerprint density at radius 1 is 1.17 bits per heavy atom. The second kappa shape index (κ2) is 5.77. The van der Waals surface area contributed by atoms with Crippen molar-refractivity contribution >= 4 is 27.8 Å². The first-order valence-corrected chi connectivity index (χ1v) is 7.62. The van der Waals surface area contributed by atoms with Gasteiger partial charge in [-0.15, -0.1) is 22.7 Å². The van der Waals surface area contributed by atoms with Gasteiger partial charge >= 0.3 is 0 Å². The smallest absolute Gasteiger partial charge is 0.183 e. The molecule has 6 heteroatoms. The highest BCUT2D eigenvalue weighted by molar-refractivity contribution is 7.14. The second-order valence-corrected chi connectivity index (χ2v) is 6.50. The molecule has 0 saturated carbocycles. The van der Waals surface area contributed by atoms with E-state index in [9.17, 15) is 0 Å². The van der Waals surface area contributed by atoms with Crippen molar-refractivity contribution in [3.05, 3.63) is 15.8 Å². The zero-order chi connectivity index (χ0) is 13.1. The van der Waals surface area contributed by atoms with E-state index in [4.69, 9.17) is 0 Å². The summed E-state index contributed by atoms with van der Waals surface area (Å²) in [6.07, 6.45) is 0. The van der Waals surface area contributed by atoms with Crippen molar-refractivity contribution in [1.82, 2.24) is 14.9 Å². The Bertz CT molecular complexity index is 455. The van der Waals surface area contributed by atoms with Crippen LogP contribution in [0.25, 0.3) is 11.4 Å². The fourth-order valence-corrected chi connectivity index (χ4v) is 3.23. The molecule has 0 bridgehead atoms. The molecule has 0 amide bonds. The van der Waals surface area contributed by atoms with Gasteiger partial charge in [0.25, 0.3) is 0 Å². The van der Waals surface area contributed by atoms with Gasteiger partial charge in [0, 0.05) is 23.3 Å². The summed E-state index contributed by atoms with van der Waals surface area (Å²) < 4.78 is 0. The van der Waals surface area contributed by atoms with Gasteiger partial charge in [0.05, 0.1) is 0 Å². The molecule has 0 aliphatic heterocycles. The summed E-state index contributed by atoms with van der Waals surface area (Å²) in [7, 11) is 4.10. The van der Waals surface area contributed by atoms with Gasteiger partial charge in [0.1, 0.15) is 16.4 Å². The van der Waals surface area contributed by atoms with Gasteiger partial charge in [-0.1, -0.05) is 0 Å². The zero-order valence-electron chi connectivity index (χ0n) is 11.1. The number of thiazole rings is 2. The van der Waals surface area contributed by atoms with Gasteiger partial charge in [0.2, 0.25) is 0 Å². The first kappa shape index (κ1) is 13.5. The molecule has 1 N–H and O–H groups in total. The van der Waals surface area contributed by atoms with E-state index in [2.05, 4.69) is 58.9 Å². The molecule has 0 aliphatic carbocycles. The summed E-state index contributed by atoms with van der Waals surface area (Å²) in [5.41, 5.74) is 1.94. The molecule has 0 atom stereocenters. The summed E-state index contributed by atoms with van der Waals surface area (Å²) in [4.78, 5) is 11.3. The molecular formula is C12H18N4S2. The minimum Gasteiger partial charge on any atom is -0.359 e. The van der Waals surface area contributed by atoms with Crippen molar-refractivity contribution in [3.8, 4) is 11.4 Å². The summed E-state index contributed by atoms with van der Waals surface area (Å²) in [6, 6.07) is 0.406. The van der Waals surface area contributed by atoms with Crippen LogP contribution in [0.1, 0.15) is 18.9 Å². The lowest BCUT2D eigenvalue weighted by Gasteiger charge is -2.05. The van der Waals surface area contributed by atoms with Crippen LogP contribution in [0, 0.1) is 0 Å². The maximum atomic E-state index is 4.61. The molecule has 2 aromatic heterocycles. The van der Waals surface area contributed by atoms with Gasteiger partial charge in [-0.25, -0.2) is 9.97 Å². The summed E-state index contributed by atoms with van der Waals surface area (Å²) in [5, 5.41) is 9.53. The SMILES string of the molecule is CC(C)Nc1nc(-c2csc(CN(C)C)n2)cs1. The quantitative estimate of drug-likeness (QED) is 0.914. The summed E-state index contributed by atoms with van der Waals surface area (Å²) in [6.45, 7) is 5.10. The molecule has 2 aromatic rings. The molecule has 0 radical (unpaired) electrons. The molecular weight excluding hydrogens is 264 g/mol. The van der Waals surface area contributed by atoms with E-state index in [0.29, 0.717) is 6.04 Å². The minimum absolute atomic E-state index is 0.406. The average Bonchev–Trinajstić information content (AvgIpc) is 2.85. The Hall–Kier alpha value is -0.980. The molecule has 0 saturated heterocycles. The standard InChI is InChI=1S/C12H18N4S2/c1-8(2)13-12-15-10(7-18-12)9-6-17-11(14-9)5-16(3)4/h6-8H,5H2,1-4H3,(H,13,15). The average molecular weight is 282 g/mol. The summed E-state index contributed by atoms with van der Waals surface area (Å²) in [5.74, 6) is 0. The largest absolute Gasteiger partial charge is 0.359 e. The highest BCUT2D eigenvalue weighted by Gasteiger charge is 2.09. The van der Waals surface area contributed by atoms with Crippen molar-refractivity contribution < 1.29 is 0 Å². The maximum Gasteiger partial charge on any atom is 0.183 e. The van der Waals surface area contributed by atoms with Crippen molar-refractivity contribution in [2.75, 3.05) is 19.4 Å². The Morgan fingerprint density at radius 3 is 2.50 bits per heavy atom. The Kier molecular flexibility index (Phi) is 4.31. The van der Waals surface area contributed by atoms with Crippen molar-refractivity contribution in [2.24, 2.45) is 0 Å². The maximum absolute atomic E-state index is 4.61. The molecule has 0 unspecified atom stereocenters. The van der Waals surface area contributed by atoms with E-state index in [0.717, 1.165) is 28.1 Å². The molecule has 2 rings (SSSR count). The molecule has 0 aliphatic rings. The predicted molar refractivity (Wildman–Crippen MR) is 79.4 cm³/mol. The third-order valence-electron chi connectivity index (χ3n) is 2.18. The minimum atomic E-state index is 0.406. The van der Waals surface area contributed by atoms with Crippen molar-refractivity contribution in [1.29, 1.82) is 0 Å². The van der Waals surface area contributed by atoms with Gasteiger partial charge in [-0.2, -0.15) is 0 Å². The van der Waals surface area contributed by atoms with Gasteiger partial charge < -0.3 is 10.2 Å². The first-order chi connectivity index (χ1) is 8.54. The van der Waals surface area contributed by atoms with E-state index in [1.165, 1.54) is 0 Å². The van der Waals surface area contributed by atoms with Crippen molar-refractivity contribution in [3.63, 3.8) is 0 Å². The van der Waals surface area contributed by atoms with E-state index in [1.807, 2.05) is 0 Å². The van der Waals surface area contributed by atoms with Gasteiger partial charge in [-0.3, -0.25) is 0 Å². The Morgan fingerprint density at radius 2 is 1.83 bits per heavy atom. The van der Waals surface area contributed by atoms with Crippen LogP contribution in [0.2, 0.25) is 0 Å². The van der Waals surface area contributed by atoms with Crippen LogP contribution in [0.15, 0.2) is 10.8 Å². The molecule has 98 valence electrons. The lowest BCUT2D eigenvalue weighted by molar-refractivity contribution is 0.402. The zero-order valence-corrected chi connectivity index (χ0v) is 12.7. The van der Waals surface area contributed by atoms with Crippen LogP contribution in [0.5, 0.6) is 0 Å². The first-order valence-electron chi connectivity index (χ1n) is 5.86. The number of anilines is 1. The number of nitrogens with zero attached hydrogens (tertiary/aromatic N) is 3. The fourth-order valence-electron chi connectivity index (χ4n) is 1.48. The number of rotatable bonds is 5. The number of aromatic nitrogens is 2. The van der Waals surface area contributed by atoms with E-state index < -0.39 is 0 Å². The van der Waals surface area contributed by atoms with E-state index >= 15 is 0 Å². The van der Waals surface area contributed by atoms with Crippen LogP contribution >= 0.6 is 22.7 Å². The topological polar surface area (TPSA) is 41.1 Å². The van der Waals surface area contributed by atoms with Crippen LogP contribution < -0.4 is 5.32 Å². The second-order valence-electron chi connectivity index (χ2n) is 4.70. The lowest BCUT2D eigenvalue weighted by Crippen LogP contribution is -2.10. The fraction of sp³-hybridized carbons (Fsp3) is 0.500. The third kappa shape index (κ3) is 3.51. The Labute approximate surface area is 116 Å². The van der Waals surface area contributed by atoms with Crippen LogP contribution in [-0.2, 0) is 6.54 Å². The summed E-state index contributed by atoms with van der Waals surface area (Å²) >= 11 is 3.32. The van der Waals surface area contributed by atoms with Gasteiger partial charge in [-0.05, 0) is 27.9 Å². The highest BCUT2D eigenvalue weighted by Crippen LogP contribution is 2.26. The highest BCUT2D eigenvalue weighted by atomic mass is 32.1. The molecule has 4 nitrogen and oxygen atoms in total. The van der Waals surface area contributed by atoms with Crippen molar-refractivity contribution in [2.45, 2.75) is 26.4 Å². The normalized spacial score (nSPS) is 11.4. The van der Waals surface area contributed by atoms with Crippen LogP contribution in [-0.4, -0.2) is 35.0 Å². The molecule has 2 heterocycles. The molecule has 0 spiro atoms. The van der Waals surface area contributed by atoms with E-state index in [-0.39, 0.29) is 0 Å². The monoisotopic (exact) mass is 282 g/mol. The molecule has 0 aromatic carbocycles. The molecule has 18 heavy (non-hydrogen) atoms. The van der Waals surface area contributed by atoms with Crippen LogP contribution in [0.4, 0.5) is 5.13 Å². The van der Waals surface area contributed by atoms with E-state index in [1.54, 1.807) is 22.7 Å². The lowest BCUT2D eigenvalue weighted by atomic mass is 10.4. The Balaban J connectivity index is 2.11. The number of nitrogens with one attached hydrogen (secondary N) is 1. The predicted octanol–water partition coefficient (Wildman–Crippen LogP) is 3.15. The van der Waals surface area contributed by atoms with Gasteiger partial charge in [0.15, 0.2) is 5.13 Å². The number of hydrogen-bond donors (Lipinski definition) is 1.